The molecule has 1 N–H and O–H groups in total. The topological polar surface area (TPSA) is 37.3 Å². The molecule has 90 valence electrons. The van der Waals surface area contributed by atoms with Crippen molar-refractivity contribution < 1.29 is 27.5 Å². The first kappa shape index (κ1) is 14.4. The van der Waals surface area contributed by atoms with Crippen molar-refractivity contribution in [3.05, 3.63) is 34.4 Å². The molecule has 0 saturated carbocycles. The molecule has 1 rings (SSSR count). The number of carboxylic acids is 1. The maximum absolute atomic E-state index is 12.9. The summed E-state index contributed by atoms with van der Waals surface area (Å²) in [4.78, 5) is 10.3. The van der Waals surface area contributed by atoms with Crippen LogP contribution in [0.15, 0.2) is 0 Å². The summed E-state index contributed by atoms with van der Waals surface area (Å²) in [5, 5.41) is 8.32. The van der Waals surface area contributed by atoms with E-state index in [1.54, 1.807) is 0 Å². The Hall–Kier alpha value is -1.59. The Labute approximate surface area is 89.5 Å². The summed E-state index contributed by atoms with van der Waals surface area (Å²) in [5.74, 6) is -9.32. The van der Waals surface area contributed by atoms with Gasteiger partial charge in [0.2, 0.25) is 0 Å². The standard InChI is InChI=1S/C8H4F4O2.C2H6/c1-2-4(9)3(8(13)14)6(11)7(12)5(2)10;1-2/h1H3,(H,13,14);1-2H3. The average molecular weight is 238 g/mol. The molecule has 0 aliphatic heterocycles. The molecule has 16 heavy (non-hydrogen) atoms. The van der Waals surface area contributed by atoms with Gasteiger partial charge in [-0.25, -0.2) is 22.4 Å². The summed E-state index contributed by atoms with van der Waals surface area (Å²) >= 11 is 0. The van der Waals surface area contributed by atoms with Gasteiger partial charge in [0.15, 0.2) is 17.5 Å². The molecule has 0 amide bonds. The monoisotopic (exact) mass is 238 g/mol. The van der Waals surface area contributed by atoms with Gasteiger partial charge < -0.3 is 5.11 Å². The Morgan fingerprint density at radius 1 is 0.938 bits per heavy atom. The van der Waals surface area contributed by atoms with Crippen LogP contribution in [0.3, 0.4) is 0 Å². The SMILES string of the molecule is CC.Cc1c(F)c(F)c(F)c(C(=O)O)c1F. The highest BCUT2D eigenvalue weighted by atomic mass is 19.2. The van der Waals surface area contributed by atoms with Crippen molar-refractivity contribution in [3.8, 4) is 0 Å². The van der Waals surface area contributed by atoms with Crippen LogP contribution < -0.4 is 0 Å². The lowest BCUT2D eigenvalue weighted by atomic mass is 10.1. The Bertz CT molecular complexity index is 387. The molecule has 0 aliphatic carbocycles. The zero-order valence-electron chi connectivity index (χ0n) is 8.87. The maximum atomic E-state index is 12.9. The second-order valence-electron chi connectivity index (χ2n) is 2.56. The number of carboxylic acid groups (broad SMARTS) is 1. The van der Waals surface area contributed by atoms with E-state index in [0.29, 0.717) is 0 Å². The number of rotatable bonds is 1. The first-order valence-electron chi connectivity index (χ1n) is 4.43. The van der Waals surface area contributed by atoms with Gasteiger partial charge in [0.05, 0.1) is 0 Å². The normalized spacial score (nSPS) is 9.44. The van der Waals surface area contributed by atoms with E-state index in [-0.39, 0.29) is 0 Å². The highest BCUT2D eigenvalue weighted by Gasteiger charge is 2.26. The van der Waals surface area contributed by atoms with Gasteiger partial charge in [-0.05, 0) is 6.92 Å². The van der Waals surface area contributed by atoms with Gasteiger partial charge >= 0.3 is 5.97 Å². The maximum Gasteiger partial charge on any atom is 0.341 e. The largest absolute Gasteiger partial charge is 0.477 e. The van der Waals surface area contributed by atoms with Crippen LogP contribution in [0.2, 0.25) is 0 Å². The number of hydrogen-bond acceptors (Lipinski definition) is 1. The van der Waals surface area contributed by atoms with Gasteiger partial charge in [-0.3, -0.25) is 0 Å². The van der Waals surface area contributed by atoms with E-state index < -0.39 is 40.4 Å². The van der Waals surface area contributed by atoms with Crippen LogP contribution >= 0.6 is 0 Å². The zero-order valence-corrected chi connectivity index (χ0v) is 8.87. The Kier molecular flexibility index (Phi) is 4.94. The Morgan fingerprint density at radius 2 is 1.38 bits per heavy atom. The van der Waals surface area contributed by atoms with Gasteiger partial charge in [-0.15, -0.1) is 0 Å². The predicted octanol–water partition coefficient (Wildman–Crippen LogP) is 3.28. The van der Waals surface area contributed by atoms with E-state index in [0.717, 1.165) is 6.92 Å². The molecular weight excluding hydrogens is 228 g/mol. The van der Waals surface area contributed by atoms with Crippen molar-refractivity contribution in [1.29, 1.82) is 0 Å². The van der Waals surface area contributed by atoms with E-state index in [9.17, 15) is 22.4 Å². The van der Waals surface area contributed by atoms with Crippen LogP contribution in [-0.4, -0.2) is 11.1 Å². The summed E-state index contributed by atoms with van der Waals surface area (Å²) in [6.45, 7) is 4.82. The van der Waals surface area contributed by atoms with Gasteiger partial charge in [-0.1, -0.05) is 13.8 Å². The molecular formula is C10H10F4O2. The smallest absolute Gasteiger partial charge is 0.341 e. The molecule has 0 saturated heterocycles. The summed E-state index contributed by atoms with van der Waals surface area (Å²) in [6, 6.07) is 0. The van der Waals surface area contributed by atoms with Crippen LogP contribution in [0.4, 0.5) is 17.6 Å². The highest BCUT2D eigenvalue weighted by molar-refractivity contribution is 5.88. The van der Waals surface area contributed by atoms with Crippen LogP contribution in [0, 0.1) is 30.2 Å². The fourth-order valence-corrected chi connectivity index (χ4v) is 0.939. The highest BCUT2D eigenvalue weighted by Crippen LogP contribution is 2.23. The molecule has 0 aliphatic rings. The van der Waals surface area contributed by atoms with E-state index in [4.69, 9.17) is 5.11 Å². The lowest BCUT2D eigenvalue weighted by Crippen LogP contribution is -2.11. The molecule has 0 fully saturated rings. The molecule has 2 nitrogen and oxygen atoms in total. The number of hydrogen-bond donors (Lipinski definition) is 1. The minimum absolute atomic E-state index is 0.819. The second kappa shape index (κ2) is 5.48. The fourth-order valence-electron chi connectivity index (χ4n) is 0.939. The van der Waals surface area contributed by atoms with E-state index in [1.165, 1.54) is 0 Å². The quantitative estimate of drug-likeness (QED) is 0.463. The number of halogens is 4. The van der Waals surface area contributed by atoms with Gasteiger partial charge in [-0.2, -0.15) is 0 Å². The van der Waals surface area contributed by atoms with Crippen molar-refractivity contribution in [2.24, 2.45) is 0 Å². The second-order valence-corrected chi connectivity index (χ2v) is 2.56. The van der Waals surface area contributed by atoms with E-state index >= 15 is 0 Å². The molecule has 1 aromatic carbocycles. The first-order valence-corrected chi connectivity index (χ1v) is 4.43. The van der Waals surface area contributed by atoms with Crippen LogP contribution in [0.5, 0.6) is 0 Å². The Morgan fingerprint density at radius 3 is 1.75 bits per heavy atom. The third-order valence-corrected chi connectivity index (χ3v) is 1.70. The zero-order chi connectivity index (χ0) is 13.0. The number of carbonyl (C=O) groups is 1. The number of benzene rings is 1. The molecule has 0 unspecified atom stereocenters. The van der Waals surface area contributed by atoms with Crippen LogP contribution in [-0.2, 0) is 0 Å². The summed E-state index contributed by atoms with van der Waals surface area (Å²) in [6.07, 6.45) is 0. The molecule has 0 atom stereocenters. The lowest BCUT2D eigenvalue weighted by molar-refractivity contribution is 0.0684. The lowest BCUT2D eigenvalue weighted by Gasteiger charge is -2.05. The van der Waals surface area contributed by atoms with Crippen molar-refractivity contribution in [3.63, 3.8) is 0 Å². The Balaban J connectivity index is 0.00000106. The van der Waals surface area contributed by atoms with Gasteiger partial charge in [0.25, 0.3) is 0 Å². The third kappa shape index (κ3) is 2.32. The third-order valence-electron chi connectivity index (χ3n) is 1.70. The molecule has 0 aromatic heterocycles. The molecule has 1 aromatic rings. The summed E-state index contributed by atoms with van der Waals surface area (Å²) < 4.78 is 50.9. The molecule has 0 heterocycles. The van der Waals surface area contributed by atoms with Crippen molar-refractivity contribution in [1.82, 2.24) is 0 Å². The predicted molar refractivity (Wildman–Crippen MR) is 49.3 cm³/mol. The molecule has 0 spiro atoms. The van der Waals surface area contributed by atoms with Crippen LogP contribution in [0.1, 0.15) is 29.8 Å². The molecule has 0 radical (unpaired) electrons. The van der Waals surface area contributed by atoms with E-state index in [2.05, 4.69) is 0 Å². The fraction of sp³-hybridized carbons (Fsp3) is 0.300. The minimum atomic E-state index is -2.03. The number of aromatic carboxylic acids is 1. The van der Waals surface area contributed by atoms with Gasteiger partial charge in [0, 0.05) is 5.56 Å². The van der Waals surface area contributed by atoms with Crippen molar-refractivity contribution >= 4 is 5.97 Å². The molecule has 6 heteroatoms. The first-order chi connectivity index (χ1) is 7.37. The van der Waals surface area contributed by atoms with Crippen LogP contribution in [0.25, 0.3) is 0 Å². The van der Waals surface area contributed by atoms with E-state index in [1.807, 2.05) is 13.8 Å². The van der Waals surface area contributed by atoms with Crippen molar-refractivity contribution in [2.45, 2.75) is 20.8 Å². The van der Waals surface area contributed by atoms with Gasteiger partial charge in [0.1, 0.15) is 11.4 Å². The molecule has 0 bridgehead atoms. The minimum Gasteiger partial charge on any atom is -0.477 e. The summed E-state index contributed by atoms with van der Waals surface area (Å²) in [5.41, 5.74) is -2.34. The summed E-state index contributed by atoms with van der Waals surface area (Å²) in [7, 11) is 0. The average Bonchev–Trinajstić information content (AvgIpc) is 2.26. The van der Waals surface area contributed by atoms with Crippen molar-refractivity contribution in [2.75, 3.05) is 0 Å².